The van der Waals surface area contributed by atoms with E-state index in [0.29, 0.717) is 24.4 Å². The summed E-state index contributed by atoms with van der Waals surface area (Å²) in [4.78, 5) is 3.29. The lowest BCUT2D eigenvalue weighted by molar-refractivity contribution is 0.340. The molecule has 0 aliphatic carbocycles. The van der Waals surface area contributed by atoms with Crippen molar-refractivity contribution >= 4 is 10.9 Å². The number of unbranched alkanes of at least 4 members (excludes halogenated alkanes) is 1. The molecule has 1 aromatic heterocycles. The third-order valence-electron chi connectivity index (χ3n) is 4.27. The fourth-order valence-electron chi connectivity index (χ4n) is 3.11. The summed E-state index contributed by atoms with van der Waals surface area (Å²) in [5.41, 5.74) is 8.59. The number of nitrogens with one attached hydrogen (secondary N) is 1. The molecule has 3 rings (SSSR count). The number of nitrogens with two attached hydrogens (primary N) is 1. The van der Waals surface area contributed by atoms with Crippen molar-refractivity contribution in [3.63, 3.8) is 0 Å². The Labute approximate surface area is 145 Å². The second kappa shape index (κ2) is 7.66. The summed E-state index contributed by atoms with van der Waals surface area (Å²) < 4.78 is 33.2. The quantitative estimate of drug-likeness (QED) is 0.605. The number of H-pyrrole nitrogens is 1. The van der Waals surface area contributed by atoms with Crippen LogP contribution in [0.15, 0.2) is 36.4 Å². The van der Waals surface area contributed by atoms with Crippen molar-refractivity contribution in [1.29, 1.82) is 0 Å². The fourth-order valence-corrected chi connectivity index (χ4v) is 3.11. The van der Waals surface area contributed by atoms with Crippen LogP contribution in [0.2, 0.25) is 0 Å². The molecule has 0 saturated heterocycles. The van der Waals surface area contributed by atoms with Gasteiger partial charge in [-0.2, -0.15) is 0 Å². The highest BCUT2D eigenvalue weighted by Crippen LogP contribution is 2.35. The molecule has 0 unspecified atom stereocenters. The maximum atomic E-state index is 14.3. The molecule has 2 aromatic carbocycles. The molecule has 0 atom stereocenters. The van der Waals surface area contributed by atoms with Crippen LogP contribution in [0.1, 0.15) is 25.3 Å². The van der Waals surface area contributed by atoms with Crippen LogP contribution < -0.4 is 10.5 Å². The summed E-state index contributed by atoms with van der Waals surface area (Å²) in [5, 5.41) is 1.00. The molecule has 3 N–H and O–H groups in total. The van der Waals surface area contributed by atoms with Gasteiger partial charge in [-0.05, 0) is 68.6 Å². The van der Waals surface area contributed by atoms with E-state index in [1.54, 1.807) is 0 Å². The van der Waals surface area contributed by atoms with Gasteiger partial charge < -0.3 is 15.5 Å². The second-order valence-corrected chi connectivity index (χ2v) is 5.99. The third-order valence-corrected chi connectivity index (χ3v) is 4.27. The summed E-state index contributed by atoms with van der Waals surface area (Å²) in [7, 11) is 0. The SMILES string of the molecule is CCOc1ccc2[nH]c(-c3ccc(F)cc3F)c(CCCCN)c2c1. The summed E-state index contributed by atoms with van der Waals surface area (Å²) in [6, 6.07) is 9.45. The third kappa shape index (κ3) is 3.66. The average Bonchev–Trinajstić information content (AvgIpc) is 2.93. The Morgan fingerprint density at radius 2 is 1.92 bits per heavy atom. The molecule has 25 heavy (non-hydrogen) atoms. The molecule has 0 bridgehead atoms. The van der Waals surface area contributed by atoms with E-state index in [4.69, 9.17) is 10.5 Å². The van der Waals surface area contributed by atoms with Gasteiger partial charge >= 0.3 is 0 Å². The number of benzene rings is 2. The van der Waals surface area contributed by atoms with Crippen molar-refractivity contribution < 1.29 is 13.5 Å². The van der Waals surface area contributed by atoms with Gasteiger partial charge in [0.1, 0.15) is 17.4 Å². The van der Waals surface area contributed by atoms with Gasteiger partial charge in [-0.1, -0.05) is 0 Å². The van der Waals surface area contributed by atoms with Gasteiger partial charge in [0, 0.05) is 22.5 Å². The van der Waals surface area contributed by atoms with E-state index < -0.39 is 11.6 Å². The highest BCUT2D eigenvalue weighted by molar-refractivity contribution is 5.91. The summed E-state index contributed by atoms with van der Waals surface area (Å²) in [5.74, 6) is -0.377. The van der Waals surface area contributed by atoms with Crippen molar-refractivity contribution in [3.8, 4) is 17.0 Å². The molecular formula is C20H22F2N2O. The van der Waals surface area contributed by atoms with E-state index in [2.05, 4.69) is 4.98 Å². The average molecular weight is 344 g/mol. The van der Waals surface area contributed by atoms with Gasteiger partial charge in [-0.3, -0.25) is 0 Å². The Hall–Kier alpha value is -2.40. The van der Waals surface area contributed by atoms with Crippen LogP contribution in [-0.4, -0.2) is 18.1 Å². The van der Waals surface area contributed by atoms with Crippen LogP contribution in [0.5, 0.6) is 5.75 Å². The molecule has 5 heteroatoms. The van der Waals surface area contributed by atoms with E-state index >= 15 is 0 Å². The number of hydrogen-bond acceptors (Lipinski definition) is 2. The number of aromatic amines is 1. The lowest BCUT2D eigenvalue weighted by atomic mass is 10.00. The first-order valence-electron chi connectivity index (χ1n) is 8.57. The Balaban J connectivity index is 2.13. The van der Waals surface area contributed by atoms with Crippen molar-refractivity contribution in [1.82, 2.24) is 4.98 Å². The molecule has 0 amide bonds. The highest BCUT2D eigenvalue weighted by atomic mass is 19.1. The zero-order chi connectivity index (χ0) is 17.8. The zero-order valence-electron chi connectivity index (χ0n) is 14.2. The first-order chi connectivity index (χ1) is 12.1. The fraction of sp³-hybridized carbons (Fsp3) is 0.300. The van der Waals surface area contributed by atoms with Gasteiger partial charge in [0.05, 0.1) is 12.3 Å². The van der Waals surface area contributed by atoms with E-state index in [1.807, 2.05) is 25.1 Å². The van der Waals surface area contributed by atoms with Crippen LogP contribution in [0, 0.1) is 11.6 Å². The minimum absolute atomic E-state index is 0.373. The summed E-state index contributed by atoms with van der Waals surface area (Å²) in [6.07, 6.45) is 2.56. The molecule has 0 fully saturated rings. The Morgan fingerprint density at radius 1 is 1.08 bits per heavy atom. The largest absolute Gasteiger partial charge is 0.494 e. The topological polar surface area (TPSA) is 51.0 Å². The smallest absolute Gasteiger partial charge is 0.135 e. The van der Waals surface area contributed by atoms with Crippen molar-refractivity contribution in [2.24, 2.45) is 5.73 Å². The first-order valence-corrected chi connectivity index (χ1v) is 8.57. The molecular weight excluding hydrogens is 322 g/mol. The maximum absolute atomic E-state index is 14.3. The Bertz CT molecular complexity index is 874. The number of hydrogen-bond donors (Lipinski definition) is 2. The number of aromatic nitrogens is 1. The van der Waals surface area contributed by atoms with Gasteiger partial charge in [-0.25, -0.2) is 8.78 Å². The first kappa shape index (κ1) is 17.4. The zero-order valence-corrected chi connectivity index (χ0v) is 14.2. The molecule has 0 spiro atoms. The normalized spacial score (nSPS) is 11.2. The van der Waals surface area contributed by atoms with Crippen LogP contribution >= 0.6 is 0 Å². The lowest BCUT2D eigenvalue weighted by Gasteiger charge is -2.07. The van der Waals surface area contributed by atoms with Gasteiger partial charge in [0.25, 0.3) is 0 Å². The van der Waals surface area contributed by atoms with Gasteiger partial charge in [0.2, 0.25) is 0 Å². The molecule has 0 radical (unpaired) electrons. The molecule has 1 heterocycles. The van der Waals surface area contributed by atoms with E-state index in [1.165, 1.54) is 12.1 Å². The van der Waals surface area contributed by atoms with Crippen molar-refractivity contribution in [3.05, 3.63) is 53.6 Å². The summed E-state index contributed by atoms with van der Waals surface area (Å²) in [6.45, 7) is 3.13. The predicted molar refractivity (Wildman–Crippen MR) is 96.8 cm³/mol. The Morgan fingerprint density at radius 3 is 2.64 bits per heavy atom. The van der Waals surface area contributed by atoms with Gasteiger partial charge in [0.15, 0.2) is 0 Å². The lowest BCUT2D eigenvalue weighted by Crippen LogP contribution is -1.99. The molecule has 0 saturated carbocycles. The van der Waals surface area contributed by atoms with E-state index in [-0.39, 0.29) is 0 Å². The van der Waals surface area contributed by atoms with Crippen LogP contribution in [0.25, 0.3) is 22.2 Å². The predicted octanol–water partition coefficient (Wildman–Crippen LogP) is 4.79. The second-order valence-electron chi connectivity index (χ2n) is 5.99. The number of ether oxygens (including phenoxy) is 1. The summed E-state index contributed by atoms with van der Waals surface area (Å²) >= 11 is 0. The number of rotatable bonds is 7. The maximum Gasteiger partial charge on any atom is 0.135 e. The number of halogens is 2. The van der Waals surface area contributed by atoms with E-state index in [0.717, 1.165) is 47.5 Å². The van der Waals surface area contributed by atoms with Crippen LogP contribution in [-0.2, 0) is 6.42 Å². The van der Waals surface area contributed by atoms with Crippen molar-refractivity contribution in [2.45, 2.75) is 26.2 Å². The molecule has 132 valence electrons. The number of fused-ring (bicyclic) bond motifs is 1. The molecule has 3 nitrogen and oxygen atoms in total. The number of aryl methyl sites for hydroxylation is 1. The minimum Gasteiger partial charge on any atom is -0.494 e. The van der Waals surface area contributed by atoms with Crippen LogP contribution in [0.4, 0.5) is 8.78 Å². The molecule has 3 aromatic rings. The Kier molecular flexibility index (Phi) is 5.34. The molecule has 0 aliphatic rings. The van der Waals surface area contributed by atoms with E-state index in [9.17, 15) is 8.78 Å². The molecule has 0 aliphatic heterocycles. The minimum atomic E-state index is -0.583. The monoisotopic (exact) mass is 344 g/mol. The standard InChI is InChI=1S/C20H22F2N2O/c1-2-25-14-7-9-19-17(12-14)15(5-3-4-10-23)20(24-19)16-8-6-13(21)11-18(16)22/h6-9,11-12,24H,2-5,10,23H2,1H3. The van der Waals surface area contributed by atoms with Gasteiger partial charge in [-0.15, -0.1) is 0 Å². The van der Waals surface area contributed by atoms with Crippen LogP contribution in [0.3, 0.4) is 0 Å². The highest BCUT2D eigenvalue weighted by Gasteiger charge is 2.17. The van der Waals surface area contributed by atoms with Crippen molar-refractivity contribution in [2.75, 3.05) is 13.2 Å².